The molecule has 57 heavy (non-hydrogen) atoms. The van der Waals surface area contributed by atoms with Crippen molar-refractivity contribution in [1.82, 2.24) is 29.8 Å². The maximum absolute atomic E-state index is 13.5. The number of piperidine rings is 1. The van der Waals surface area contributed by atoms with Crippen LogP contribution in [0.1, 0.15) is 70.6 Å². The molecule has 5 heterocycles. The summed E-state index contributed by atoms with van der Waals surface area (Å²) in [5.41, 5.74) is 3.23. The minimum Gasteiger partial charge on any atom is -0.494 e. The Bertz CT molecular complexity index is 1830. The average Bonchev–Trinajstić information content (AvgIpc) is 3.66. The average molecular weight is 823 g/mol. The van der Waals surface area contributed by atoms with E-state index in [1.807, 2.05) is 43.2 Å². The summed E-state index contributed by atoms with van der Waals surface area (Å²) < 4.78 is 26.9. The molecule has 2 aliphatic heterocycles. The zero-order chi connectivity index (χ0) is 41.7. The first-order valence-electron chi connectivity index (χ1n) is 20.4. The predicted molar refractivity (Wildman–Crippen MR) is 232 cm³/mol. The van der Waals surface area contributed by atoms with Gasteiger partial charge in [-0.05, 0) is 77.6 Å². The Labute approximate surface area is 341 Å². The first kappa shape index (κ1) is 44.1. The van der Waals surface area contributed by atoms with Crippen LogP contribution in [0.3, 0.4) is 0 Å². The van der Waals surface area contributed by atoms with Crippen LogP contribution >= 0.6 is 0 Å². The zero-order valence-corrected chi connectivity index (χ0v) is 38.2. The van der Waals surface area contributed by atoms with E-state index in [0.29, 0.717) is 37.0 Å². The van der Waals surface area contributed by atoms with Crippen LogP contribution < -0.4 is 15.5 Å². The van der Waals surface area contributed by atoms with E-state index >= 15 is 0 Å². The van der Waals surface area contributed by atoms with E-state index in [4.69, 9.17) is 29.0 Å². The summed E-state index contributed by atoms with van der Waals surface area (Å²) in [6, 6.07) is 5.38. The molecule has 0 spiro atoms. The van der Waals surface area contributed by atoms with Crippen LogP contribution in [0.15, 0.2) is 31.1 Å². The molecule has 0 aromatic carbocycles. The second kappa shape index (κ2) is 18.3. The molecule has 16 heteroatoms. The molecule has 0 aliphatic carbocycles. The lowest BCUT2D eigenvalue weighted by Crippen LogP contribution is -2.48. The van der Waals surface area contributed by atoms with Crippen molar-refractivity contribution in [3.63, 3.8) is 0 Å². The van der Waals surface area contributed by atoms with Gasteiger partial charge in [0.1, 0.15) is 36.5 Å². The lowest BCUT2D eigenvalue weighted by atomic mass is 9.85. The summed E-state index contributed by atoms with van der Waals surface area (Å²) in [7, 11) is -1.16. The third-order valence-corrected chi connectivity index (χ3v) is 13.7. The van der Waals surface area contributed by atoms with Crippen LogP contribution in [0.5, 0.6) is 0 Å². The molecule has 2 aliphatic rings. The standard InChI is InChI=1S/C41H66N8O6Si2/c1-13-54-28(2)35-36(30-22-31-15-16-32(23-30)48(31)40(51)55-41(3,4)5)46-37-33(29-14-17-34(43-24-29)45-39(50)42-6)25-44-49(37)38(35)47(26-52-18-20-56(7,8)9)27-53-19-21-57(10,11)12/h14,17,24-25,30-32H,2,13,15-16,18-23,26-27H2,1,3-12H3,(H2,42,43,45,50)/t30?,31-,32+. The Kier molecular flexibility index (Phi) is 14.2. The first-order valence-corrected chi connectivity index (χ1v) is 27.8. The second-order valence-electron chi connectivity index (χ2n) is 18.7. The number of nitrogens with one attached hydrogen (secondary N) is 2. The van der Waals surface area contributed by atoms with Gasteiger partial charge in [0, 0.05) is 71.7 Å². The normalized spacial score (nSPS) is 18.4. The molecule has 3 amide bonds. The lowest BCUT2D eigenvalue weighted by molar-refractivity contribution is 0.00566. The van der Waals surface area contributed by atoms with Crippen molar-refractivity contribution in [2.24, 2.45) is 0 Å². The number of nitrogens with zero attached hydrogens (tertiary/aromatic N) is 6. The molecule has 3 atom stereocenters. The van der Waals surface area contributed by atoms with Gasteiger partial charge in [-0.3, -0.25) is 5.32 Å². The first-order chi connectivity index (χ1) is 26.8. The van der Waals surface area contributed by atoms with Gasteiger partial charge < -0.3 is 34.1 Å². The quantitative estimate of drug-likeness (QED) is 0.0588. The van der Waals surface area contributed by atoms with Crippen molar-refractivity contribution in [3.8, 4) is 11.1 Å². The van der Waals surface area contributed by atoms with Crippen LogP contribution in [0, 0.1) is 0 Å². The summed E-state index contributed by atoms with van der Waals surface area (Å²) in [6.07, 6.45) is 6.50. The highest BCUT2D eigenvalue weighted by atomic mass is 28.3. The number of pyridine rings is 1. The highest BCUT2D eigenvalue weighted by molar-refractivity contribution is 6.76. The third-order valence-electron chi connectivity index (χ3n) is 10.3. The van der Waals surface area contributed by atoms with Gasteiger partial charge >= 0.3 is 12.1 Å². The summed E-state index contributed by atoms with van der Waals surface area (Å²) in [5, 5.41) is 10.3. The van der Waals surface area contributed by atoms with Crippen molar-refractivity contribution < 1.29 is 28.5 Å². The molecule has 0 saturated carbocycles. The molecule has 3 aromatic rings. The van der Waals surface area contributed by atoms with E-state index in [9.17, 15) is 9.59 Å². The fourth-order valence-corrected chi connectivity index (χ4v) is 8.90. The van der Waals surface area contributed by atoms with Gasteiger partial charge in [-0.1, -0.05) is 45.9 Å². The van der Waals surface area contributed by atoms with Gasteiger partial charge in [0.15, 0.2) is 5.65 Å². The fourth-order valence-electron chi connectivity index (χ4n) is 7.38. The van der Waals surface area contributed by atoms with Gasteiger partial charge in [-0.2, -0.15) is 9.61 Å². The highest BCUT2D eigenvalue weighted by Crippen LogP contribution is 2.47. The summed E-state index contributed by atoms with van der Waals surface area (Å²) in [4.78, 5) is 39.6. The number of carbonyl (C=O) groups is 2. The molecule has 3 aromatic heterocycles. The maximum atomic E-state index is 13.5. The van der Waals surface area contributed by atoms with Crippen LogP contribution in [-0.4, -0.2) is 111 Å². The minimum absolute atomic E-state index is 0.0122. The number of anilines is 2. The number of urea groups is 1. The SMILES string of the molecule is C=C(OCC)c1c(C2C[C@H]3CC[C@@H](C2)N3C(=O)OC(C)(C)C)nc2c(-c3ccc(NC(=O)NC)nc3)cnn2c1N(COCC[Si](C)(C)C)COCC[Si](C)(C)C. The van der Waals surface area contributed by atoms with Crippen LogP contribution in [-0.2, 0) is 18.9 Å². The van der Waals surface area contributed by atoms with Gasteiger partial charge in [0.05, 0.1) is 24.1 Å². The smallest absolute Gasteiger partial charge is 0.410 e. The molecule has 1 unspecified atom stereocenters. The molecule has 2 N–H and O–H groups in total. The minimum atomic E-state index is -1.36. The number of aromatic nitrogens is 4. The molecular weight excluding hydrogens is 757 g/mol. The summed E-state index contributed by atoms with van der Waals surface area (Å²) in [5.74, 6) is 1.63. The summed E-state index contributed by atoms with van der Waals surface area (Å²) >= 11 is 0. The predicted octanol–water partition coefficient (Wildman–Crippen LogP) is 8.63. The van der Waals surface area contributed by atoms with E-state index in [1.165, 1.54) is 0 Å². The number of amides is 3. The molecule has 0 radical (unpaired) electrons. The third kappa shape index (κ3) is 11.6. The monoisotopic (exact) mass is 822 g/mol. The topological polar surface area (TPSA) is 145 Å². The lowest BCUT2D eigenvalue weighted by Gasteiger charge is -2.40. The Morgan fingerprint density at radius 1 is 0.965 bits per heavy atom. The highest BCUT2D eigenvalue weighted by Gasteiger charge is 2.46. The van der Waals surface area contributed by atoms with Gasteiger partial charge in [0.2, 0.25) is 0 Å². The molecule has 314 valence electrons. The summed E-state index contributed by atoms with van der Waals surface area (Å²) in [6.45, 7) is 28.4. The van der Waals surface area contributed by atoms with E-state index in [2.05, 4.69) is 66.4 Å². The van der Waals surface area contributed by atoms with Gasteiger partial charge in [-0.25, -0.2) is 19.6 Å². The number of fused-ring (bicyclic) bond motifs is 3. The molecule has 2 fully saturated rings. The molecule has 14 nitrogen and oxygen atoms in total. The molecule has 5 rings (SSSR count). The molecule has 2 saturated heterocycles. The van der Waals surface area contributed by atoms with Crippen molar-refractivity contribution in [2.45, 2.75) is 128 Å². The van der Waals surface area contributed by atoms with E-state index in [-0.39, 0.29) is 43.6 Å². The maximum Gasteiger partial charge on any atom is 0.410 e. The van der Waals surface area contributed by atoms with Crippen LogP contribution in [0.2, 0.25) is 51.4 Å². The number of ether oxygens (including phenoxy) is 4. The van der Waals surface area contributed by atoms with Crippen molar-refractivity contribution in [1.29, 1.82) is 0 Å². The number of hydrogen-bond acceptors (Lipinski definition) is 10. The van der Waals surface area contributed by atoms with Crippen LogP contribution in [0.25, 0.3) is 22.5 Å². The second-order valence-corrected chi connectivity index (χ2v) is 29.9. The van der Waals surface area contributed by atoms with Gasteiger partial charge in [-0.15, -0.1) is 0 Å². The Morgan fingerprint density at radius 2 is 1.58 bits per heavy atom. The Morgan fingerprint density at radius 3 is 2.09 bits per heavy atom. The zero-order valence-electron chi connectivity index (χ0n) is 36.2. The van der Waals surface area contributed by atoms with E-state index in [0.717, 1.165) is 66.0 Å². The largest absolute Gasteiger partial charge is 0.494 e. The van der Waals surface area contributed by atoms with E-state index in [1.54, 1.807) is 25.5 Å². The van der Waals surface area contributed by atoms with E-state index < -0.39 is 21.7 Å². The Hall–Kier alpha value is -4.00. The van der Waals surface area contributed by atoms with Crippen molar-refractivity contribution in [3.05, 3.63) is 42.4 Å². The van der Waals surface area contributed by atoms with Crippen molar-refractivity contribution >= 4 is 51.3 Å². The van der Waals surface area contributed by atoms with Crippen LogP contribution in [0.4, 0.5) is 21.2 Å². The molecular formula is C41H66N8O6Si2. The van der Waals surface area contributed by atoms with Gasteiger partial charge in [0.25, 0.3) is 0 Å². The number of carbonyl (C=O) groups excluding carboxylic acids is 2. The fraction of sp³-hybridized carbons (Fsp3) is 0.634. The number of hydrogen-bond donors (Lipinski definition) is 2. The Balaban J connectivity index is 1.66. The van der Waals surface area contributed by atoms with Crippen molar-refractivity contribution in [2.75, 3.05) is 50.5 Å². The number of rotatable bonds is 17. The molecule has 2 bridgehead atoms.